The standard InChI is InChI=1S/C14H20BrNO2/c1-4-16(8-9-18-5-2)14(17)12-7-6-11(3)10-13(12)15/h6-7,10H,4-5,8-9H2,1-3H3. The molecule has 1 amide bonds. The van der Waals surface area contributed by atoms with Gasteiger partial charge in [0, 0.05) is 24.2 Å². The molecule has 0 bridgehead atoms. The maximum atomic E-state index is 12.3. The summed E-state index contributed by atoms with van der Waals surface area (Å²) in [6.07, 6.45) is 0. The zero-order valence-electron chi connectivity index (χ0n) is 11.2. The minimum atomic E-state index is 0.0454. The van der Waals surface area contributed by atoms with Gasteiger partial charge in [0.2, 0.25) is 0 Å². The summed E-state index contributed by atoms with van der Waals surface area (Å²) in [6.45, 7) is 8.52. The zero-order valence-corrected chi connectivity index (χ0v) is 12.8. The number of carbonyl (C=O) groups excluding carboxylic acids is 1. The summed E-state index contributed by atoms with van der Waals surface area (Å²) in [5, 5.41) is 0. The van der Waals surface area contributed by atoms with Crippen LogP contribution in [0.3, 0.4) is 0 Å². The second-order valence-corrected chi connectivity index (χ2v) is 4.92. The molecule has 3 nitrogen and oxygen atoms in total. The molecular weight excluding hydrogens is 294 g/mol. The molecule has 100 valence electrons. The quantitative estimate of drug-likeness (QED) is 0.754. The van der Waals surface area contributed by atoms with Crippen LogP contribution in [-0.2, 0) is 4.74 Å². The van der Waals surface area contributed by atoms with Gasteiger partial charge >= 0.3 is 0 Å². The largest absolute Gasteiger partial charge is 0.380 e. The van der Waals surface area contributed by atoms with Crippen molar-refractivity contribution in [3.05, 3.63) is 33.8 Å². The molecule has 0 aliphatic heterocycles. The predicted molar refractivity (Wildman–Crippen MR) is 76.9 cm³/mol. The Bertz CT molecular complexity index is 407. The van der Waals surface area contributed by atoms with Gasteiger partial charge in [-0.05, 0) is 54.4 Å². The Labute approximate surface area is 117 Å². The molecule has 0 spiro atoms. The highest BCUT2D eigenvalue weighted by atomic mass is 79.9. The highest BCUT2D eigenvalue weighted by Gasteiger charge is 2.16. The first-order valence-electron chi connectivity index (χ1n) is 6.23. The number of ether oxygens (including phenoxy) is 1. The van der Waals surface area contributed by atoms with Gasteiger partial charge in [0.05, 0.1) is 12.2 Å². The lowest BCUT2D eigenvalue weighted by molar-refractivity contribution is 0.0668. The van der Waals surface area contributed by atoms with Gasteiger partial charge in [-0.1, -0.05) is 6.07 Å². The summed E-state index contributed by atoms with van der Waals surface area (Å²) in [5.74, 6) is 0.0454. The molecule has 0 saturated heterocycles. The Balaban J connectivity index is 2.76. The summed E-state index contributed by atoms with van der Waals surface area (Å²) in [5.41, 5.74) is 1.84. The van der Waals surface area contributed by atoms with E-state index in [1.807, 2.05) is 39.0 Å². The van der Waals surface area contributed by atoms with Gasteiger partial charge < -0.3 is 9.64 Å². The smallest absolute Gasteiger partial charge is 0.255 e. The van der Waals surface area contributed by atoms with Crippen LogP contribution in [-0.4, -0.2) is 37.1 Å². The summed E-state index contributed by atoms with van der Waals surface area (Å²) in [4.78, 5) is 14.1. The second-order valence-electron chi connectivity index (χ2n) is 4.07. The predicted octanol–water partition coefficient (Wildman–Crippen LogP) is 3.26. The number of nitrogens with zero attached hydrogens (tertiary/aromatic N) is 1. The van der Waals surface area contributed by atoms with E-state index in [9.17, 15) is 4.79 Å². The summed E-state index contributed by atoms with van der Waals surface area (Å²) < 4.78 is 6.15. The molecule has 0 unspecified atom stereocenters. The second kappa shape index (κ2) is 7.54. The molecule has 0 aromatic heterocycles. The van der Waals surface area contributed by atoms with Crippen LogP contribution in [0, 0.1) is 6.92 Å². The Morgan fingerprint density at radius 1 is 1.39 bits per heavy atom. The molecule has 1 rings (SSSR count). The van der Waals surface area contributed by atoms with Gasteiger partial charge in [0.25, 0.3) is 5.91 Å². The van der Waals surface area contributed by atoms with Crippen molar-refractivity contribution in [1.82, 2.24) is 4.90 Å². The van der Waals surface area contributed by atoms with Crippen LogP contribution in [0.2, 0.25) is 0 Å². The molecule has 18 heavy (non-hydrogen) atoms. The van der Waals surface area contributed by atoms with Crippen molar-refractivity contribution >= 4 is 21.8 Å². The van der Waals surface area contributed by atoms with Crippen molar-refractivity contribution in [2.24, 2.45) is 0 Å². The highest BCUT2D eigenvalue weighted by molar-refractivity contribution is 9.10. The minimum Gasteiger partial charge on any atom is -0.380 e. The van der Waals surface area contributed by atoms with E-state index in [-0.39, 0.29) is 5.91 Å². The maximum Gasteiger partial charge on any atom is 0.255 e. The number of halogens is 1. The molecule has 1 aromatic carbocycles. The first kappa shape index (κ1) is 15.2. The molecule has 4 heteroatoms. The van der Waals surface area contributed by atoms with Crippen LogP contribution in [0.4, 0.5) is 0 Å². The first-order valence-corrected chi connectivity index (χ1v) is 7.02. The van der Waals surface area contributed by atoms with E-state index in [0.717, 1.165) is 10.0 Å². The molecule has 1 aromatic rings. The molecule has 0 aliphatic rings. The van der Waals surface area contributed by atoms with E-state index in [1.54, 1.807) is 4.90 Å². The number of hydrogen-bond donors (Lipinski definition) is 0. The maximum absolute atomic E-state index is 12.3. The summed E-state index contributed by atoms with van der Waals surface area (Å²) >= 11 is 3.45. The minimum absolute atomic E-state index is 0.0454. The average molecular weight is 314 g/mol. The van der Waals surface area contributed by atoms with E-state index < -0.39 is 0 Å². The highest BCUT2D eigenvalue weighted by Crippen LogP contribution is 2.20. The third-order valence-electron chi connectivity index (χ3n) is 2.73. The van der Waals surface area contributed by atoms with Gasteiger partial charge in [-0.3, -0.25) is 4.79 Å². The van der Waals surface area contributed by atoms with Crippen molar-refractivity contribution < 1.29 is 9.53 Å². The number of aryl methyl sites for hydroxylation is 1. The van der Waals surface area contributed by atoms with Crippen LogP contribution in [0.1, 0.15) is 29.8 Å². The molecule has 0 heterocycles. The number of benzene rings is 1. The Hall–Kier alpha value is -0.870. The number of amides is 1. The van der Waals surface area contributed by atoms with Crippen molar-refractivity contribution in [2.45, 2.75) is 20.8 Å². The lowest BCUT2D eigenvalue weighted by atomic mass is 10.1. The lowest BCUT2D eigenvalue weighted by Crippen LogP contribution is -2.34. The van der Waals surface area contributed by atoms with Gasteiger partial charge in [-0.15, -0.1) is 0 Å². The molecule has 0 saturated carbocycles. The molecule has 0 fully saturated rings. The Kier molecular flexibility index (Phi) is 6.36. The fourth-order valence-electron chi connectivity index (χ4n) is 1.69. The van der Waals surface area contributed by atoms with E-state index >= 15 is 0 Å². The SMILES string of the molecule is CCOCCN(CC)C(=O)c1ccc(C)cc1Br. The van der Waals surface area contributed by atoms with Crippen LogP contribution < -0.4 is 0 Å². The number of carbonyl (C=O) groups is 1. The third kappa shape index (κ3) is 4.10. The summed E-state index contributed by atoms with van der Waals surface area (Å²) in [6, 6.07) is 5.78. The van der Waals surface area contributed by atoms with Gasteiger partial charge in [-0.25, -0.2) is 0 Å². The van der Waals surface area contributed by atoms with Crippen molar-refractivity contribution in [3.63, 3.8) is 0 Å². The van der Waals surface area contributed by atoms with Crippen molar-refractivity contribution in [3.8, 4) is 0 Å². The number of likely N-dealkylation sites (N-methyl/N-ethyl adjacent to an activating group) is 1. The van der Waals surface area contributed by atoms with Crippen LogP contribution in [0.5, 0.6) is 0 Å². The van der Waals surface area contributed by atoms with Gasteiger partial charge in [-0.2, -0.15) is 0 Å². The lowest BCUT2D eigenvalue weighted by Gasteiger charge is -2.21. The topological polar surface area (TPSA) is 29.5 Å². The molecule has 0 aliphatic carbocycles. The first-order chi connectivity index (χ1) is 8.60. The summed E-state index contributed by atoms with van der Waals surface area (Å²) in [7, 11) is 0. The van der Waals surface area contributed by atoms with Crippen LogP contribution >= 0.6 is 15.9 Å². The van der Waals surface area contributed by atoms with E-state index in [1.165, 1.54) is 0 Å². The van der Waals surface area contributed by atoms with Crippen LogP contribution in [0.25, 0.3) is 0 Å². The molecule has 0 N–H and O–H groups in total. The van der Waals surface area contributed by atoms with Gasteiger partial charge in [0.15, 0.2) is 0 Å². The zero-order chi connectivity index (χ0) is 13.5. The monoisotopic (exact) mass is 313 g/mol. The van der Waals surface area contributed by atoms with E-state index in [2.05, 4.69) is 15.9 Å². The number of rotatable bonds is 6. The Morgan fingerprint density at radius 2 is 2.11 bits per heavy atom. The van der Waals surface area contributed by atoms with E-state index in [0.29, 0.717) is 31.9 Å². The molecule has 0 atom stereocenters. The third-order valence-corrected chi connectivity index (χ3v) is 3.39. The average Bonchev–Trinajstić information content (AvgIpc) is 2.34. The van der Waals surface area contributed by atoms with Crippen molar-refractivity contribution in [2.75, 3.05) is 26.3 Å². The molecular formula is C14H20BrNO2. The molecule has 0 radical (unpaired) electrons. The fourth-order valence-corrected chi connectivity index (χ4v) is 2.35. The van der Waals surface area contributed by atoms with Crippen molar-refractivity contribution in [1.29, 1.82) is 0 Å². The van der Waals surface area contributed by atoms with Gasteiger partial charge in [0.1, 0.15) is 0 Å². The van der Waals surface area contributed by atoms with E-state index in [4.69, 9.17) is 4.74 Å². The van der Waals surface area contributed by atoms with Crippen LogP contribution in [0.15, 0.2) is 22.7 Å². The fraction of sp³-hybridized carbons (Fsp3) is 0.500. The Morgan fingerprint density at radius 3 is 2.67 bits per heavy atom. The normalized spacial score (nSPS) is 10.4. The number of hydrogen-bond acceptors (Lipinski definition) is 2.